The third-order valence-corrected chi connectivity index (χ3v) is 6.49. The summed E-state index contributed by atoms with van der Waals surface area (Å²) in [7, 11) is 1.66. The molecule has 1 aromatic carbocycles. The van der Waals surface area contributed by atoms with Gasteiger partial charge < -0.3 is 24.8 Å². The molecule has 3 heterocycles. The maximum atomic E-state index is 12.7. The quantitative estimate of drug-likeness (QED) is 0.481. The van der Waals surface area contributed by atoms with E-state index in [0.29, 0.717) is 47.7 Å². The van der Waals surface area contributed by atoms with Crippen LogP contribution in [-0.2, 0) is 16.9 Å². The highest BCUT2D eigenvalue weighted by molar-refractivity contribution is 9.10. The molecule has 0 radical (unpaired) electrons. The Bertz CT molecular complexity index is 1240. The number of piperidine rings is 1. The maximum absolute atomic E-state index is 12.7. The van der Waals surface area contributed by atoms with E-state index < -0.39 is 17.3 Å². The van der Waals surface area contributed by atoms with Crippen LogP contribution in [-0.4, -0.2) is 56.3 Å². The monoisotopic (exact) mass is 545 g/mol. The SMILES string of the molecule is COc1cc(C)ccc1CNc1nccn2c([C@]3(O)CCCN(C(=O)OC(C)(C)C)C3)nc(Br)c12. The number of rotatable bonds is 5. The second-order valence-electron chi connectivity index (χ2n) is 9.93. The number of methoxy groups -OCH3 is 1. The molecule has 1 aliphatic heterocycles. The molecule has 0 bridgehead atoms. The Morgan fingerprint density at radius 1 is 1.34 bits per heavy atom. The van der Waals surface area contributed by atoms with E-state index in [1.807, 2.05) is 50.3 Å². The third-order valence-electron chi connectivity index (χ3n) is 5.94. The Hall–Kier alpha value is -2.85. The number of ether oxygens (including phenoxy) is 2. The molecule has 2 aromatic heterocycles. The van der Waals surface area contributed by atoms with Crippen molar-refractivity contribution in [2.45, 2.75) is 58.3 Å². The number of aromatic nitrogens is 3. The first kappa shape index (κ1) is 25.2. The van der Waals surface area contributed by atoms with Crippen LogP contribution < -0.4 is 10.1 Å². The number of hydrogen-bond acceptors (Lipinski definition) is 7. The van der Waals surface area contributed by atoms with Gasteiger partial charge in [-0.3, -0.25) is 4.40 Å². The number of carbonyl (C=O) groups excluding carboxylic acids is 1. The van der Waals surface area contributed by atoms with Crippen LogP contribution in [0.5, 0.6) is 5.75 Å². The number of aliphatic hydroxyl groups is 1. The molecule has 2 N–H and O–H groups in total. The minimum atomic E-state index is -1.33. The van der Waals surface area contributed by atoms with Gasteiger partial charge in [0.05, 0.1) is 13.7 Å². The van der Waals surface area contributed by atoms with Crippen molar-refractivity contribution in [3.05, 3.63) is 52.1 Å². The first-order chi connectivity index (χ1) is 16.5. The zero-order valence-corrected chi connectivity index (χ0v) is 22.3. The van der Waals surface area contributed by atoms with Gasteiger partial charge in [0, 0.05) is 31.0 Å². The topological polar surface area (TPSA) is 101 Å². The second kappa shape index (κ2) is 9.66. The average Bonchev–Trinajstić information content (AvgIpc) is 3.15. The largest absolute Gasteiger partial charge is 0.496 e. The molecule has 0 unspecified atom stereocenters. The summed E-state index contributed by atoms with van der Waals surface area (Å²) in [6.07, 6.45) is 4.10. The molecule has 1 aliphatic rings. The fraction of sp³-hybridized carbons (Fsp3) is 0.480. The van der Waals surface area contributed by atoms with Crippen LogP contribution in [0.15, 0.2) is 35.2 Å². The smallest absolute Gasteiger partial charge is 0.410 e. The lowest BCUT2D eigenvalue weighted by molar-refractivity contribution is -0.0518. The molecule has 0 saturated carbocycles. The number of aryl methyl sites for hydroxylation is 1. The van der Waals surface area contributed by atoms with E-state index in [-0.39, 0.29) is 6.54 Å². The predicted octanol–water partition coefficient (Wildman–Crippen LogP) is 4.64. The average molecular weight is 546 g/mol. The van der Waals surface area contributed by atoms with Crippen molar-refractivity contribution in [3.63, 3.8) is 0 Å². The standard InChI is InChI=1S/C25H32BrN5O4/c1-16-7-8-17(18(13-16)34-5)14-28-21-19-20(26)29-22(31(19)12-10-27-21)25(33)9-6-11-30(15-25)23(32)35-24(2,3)4/h7-8,10,12-13,33H,6,9,11,14-15H2,1-5H3,(H,27,28)/t25-/m0/s1. The summed E-state index contributed by atoms with van der Waals surface area (Å²) in [5.41, 5.74) is 0.883. The molecule has 10 heteroatoms. The Labute approximate surface area is 213 Å². The Kier molecular flexibility index (Phi) is 6.97. The van der Waals surface area contributed by atoms with Gasteiger partial charge in [0.15, 0.2) is 5.82 Å². The summed E-state index contributed by atoms with van der Waals surface area (Å²) >= 11 is 3.55. The number of nitrogens with one attached hydrogen (secondary N) is 1. The molecule has 35 heavy (non-hydrogen) atoms. The maximum Gasteiger partial charge on any atom is 0.410 e. The number of nitrogens with zero attached hydrogens (tertiary/aromatic N) is 4. The normalized spacial score (nSPS) is 18.5. The van der Waals surface area contributed by atoms with Crippen molar-refractivity contribution in [2.24, 2.45) is 0 Å². The minimum absolute atomic E-state index is 0.0963. The van der Waals surface area contributed by atoms with Crippen molar-refractivity contribution < 1.29 is 19.4 Å². The lowest BCUT2D eigenvalue weighted by atomic mass is 9.92. The number of likely N-dealkylation sites (tertiary alicyclic amines) is 1. The van der Waals surface area contributed by atoms with E-state index >= 15 is 0 Å². The summed E-state index contributed by atoms with van der Waals surface area (Å²) < 4.78 is 13.4. The number of fused-ring (bicyclic) bond motifs is 1. The second-order valence-corrected chi connectivity index (χ2v) is 10.7. The van der Waals surface area contributed by atoms with Gasteiger partial charge in [0.25, 0.3) is 0 Å². The number of anilines is 1. The number of halogens is 1. The zero-order valence-electron chi connectivity index (χ0n) is 20.8. The Balaban J connectivity index is 1.62. The van der Waals surface area contributed by atoms with E-state index in [9.17, 15) is 9.90 Å². The fourth-order valence-electron chi connectivity index (χ4n) is 4.33. The zero-order chi connectivity index (χ0) is 25.4. The van der Waals surface area contributed by atoms with Crippen LogP contribution in [0.3, 0.4) is 0 Å². The number of carbonyl (C=O) groups is 1. The van der Waals surface area contributed by atoms with Crippen LogP contribution >= 0.6 is 15.9 Å². The van der Waals surface area contributed by atoms with Gasteiger partial charge in [-0.2, -0.15) is 0 Å². The van der Waals surface area contributed by atoms with Crippen molar-refractivity contribution in [3.8, 4) is 5.75 Å². The third kappa shape index (κ3) is 5.38. The van der Waals surface area contributed by atoms with Crippen LogP contribution in [0.2, 0.25) is 0 Å². The molecule has 1 amide bonds. The molecular formula is C25H32BrN5O4. The van der Waals surface area contributed by atoms with Crippen LogP contribution in [0.25, 0.3) is 5.52 Å². The first-order valence-electron chi connectivity index (χ1n) is 11.6. The molecule has 188 valence electrons. The molecule has 4 rings (SSSR count). The highest BCUT2D eigenvalue weighted by Gasteiger charge is 2.42. The summed E-state index contributed by atoms with van der Waals surface area (Å²) in [5.74, 6) is 1.87. The number of amides is 1. The predicted molar refractivity (Wildman–Crippen MR) is 137 cm³/mol. The molecular weight excluding hydrogens is 514 g/mol. The number of benzene rings is 1. The highest BCUT2D eigenvalue weighted by Crippen LogP contribution is 2.36. The highest BCUT2D eigenvalue weighted by atomic mass is 79.9. The molecule has 9 nitrogen and oxygen atoms in total. The summed E-state index contributed by atoms with van der Waals surface area (Å²) in [6.45, 7) is 8.62. The van der Waals surface area contributed by atoms with Crippen LogP contribution in [0, 0.1) is 6.92 Å². The van der Waals surface area contributed by atoms with Crippen LogP contribution in [0.1, 0.15) is 50.6 Å². The molecule has 0 aliphatic carbocycles. The minimum Gasteiger partial charge on any atom is -0.496 e. The molecule has 1 saturated heterocycles. The lowest BCUT2D eigenvalue weighted by Crippen LogP contribution is -2.50. The van der Waals surface area contributed by atoms with Gasteiger partial charge in [-0.05, 0) is 68.1 Å². The summed E-state index contributed by atoms with van der Waals surface area (Å²) in [5, 5.41) is 15.0. The Morgan fingerprint density at radius 2 is 2.11 bits per heavy atom. The van der Waals surface area contributed by atoms with Crippen molar-refractivity contribution in [1.82, 2.24) is 19.3 Å². The van der Waals surface area contributed by atoms with E-state index in [2.05, 4.69) is 31.2 Å². The van der Waals surface area contributed by atoms with E-state index in [4.69, 9.17) is 9.47 Å². The van der Waals surface area contributed by atoms with Gasteiger partial charge >= 0.3 is 6.09 Å². The molecule has 1 fully saturated rings. The van der Waals surface area contributed by atoms with Gasteiger partial charge in [0.2, 0.25) is 0 Å². The first-order valence-corrected chi connectivity index (χ1v) is 12.4. The summed E-state index contributed by atoms with van der Waals surface area (Å²) in [6, 6.07) is 6.05. The van der Waals surface area contributed by atoms with Gasteiger partial charge in [0.1, 0.15) is 32.9 Å². The molecule has 3 aromatic rings. The van der Waals surface area contributed by atoms with Crippen molar-refractivity contribution >= 4 is 33.4 Å². The van der Waals surface area contributed by atoms with E-state index in [1.165, 1.54) is 0 Å². The number of β-amino-alcohol motifs (C(OH)–C–C–N with tert-alkyl or cyclic N) is 1. The molecule has 0 spiro atoms. The number of imidazole rings is 1. The van der Waals surface area contributed by atoms with Crippen LogP contribution in [0.4, 0.5) is 10.6 Å². The summed E-state index contributed by atoms with van der Waals surface area (Å²) in [4.78, 5) is 23.4. The van der Waals surface area contributed by atoms with E-state index in [1.54, 1.807) is 24.4 Å². The number of hydrogen-bond donors (Lipinski definition) is 2. The lowest BCUT2D eigenvalue weighted by Gasteiger charge is -2.38. The molecule has 1 atom stereocenters. The van der Waals surface area contributed by atoms with Gasteiger partial charge in [-0.25, -0.2) is 14.8 Å². The van der Waals surface area contributed by atoms with Gasteiger partial charge in [-0.15, -0.1) is 0 Å². The van der Waals surface area contributed by atoms with Gasteiger partial charge in [-0.1, -0.05) is 12.1 Å². The van der Waals surface area contributed by atoms with Crippen molar-refractivity contribution in [1.29, 1.82) is 0 Å². The van der Waals surface area contributed by atoms with E-state index in [0.717, 1.165) is 16.9 Å². The Morgan fingerprint density at radius 3 is 2.83 bits per heavy atom. The van der Waals surface area contributed by atoms with Crippen molar-refractivity contribution in [2.75, 3.05) is 25.5 Å². The fourth-order valence-corrected chi connectivity index (χ4v) is 4.88.